The first-order chi connectivity index (χ1) is 8.74. The second-order valence-electron chi connectivity index (χ2n) is 6.24. The van der Waals surface area contributed by atoms with Crippen LogP contribution in [0.4, 0.5) is 10.2 Å². The van der Waals surface area contributed by atoms with Crippen LogP contribution >= 0.6 is 0 Å². The van der Waals surface area contributed by atoms with Gasteiger partial charge in [0, 0.05) is 0 Å². The Morgan fingerprint density at radius 3 is 2.53 bits per heavy atom. The van der Waals surface area contributed by atoms with E-state index < -0.39 is 0 Å². The molecule has 0 atom stereocenters. The van der Waals surface area contributed by atoms with E-state index in [9.17, 15) is 4.39 Å². The molecule has 100 valence electrons. The van der Waals surface area contributed by atoms with Crippen molar-refractivity contribution in [3.05, 3.63) is 29.4 Å². The van der Waals surface area contributed by atoms with Gasteiger partial charge in [-0.15, -0.1) is 0 Å². The van der Waals surface area contributed by atoms with Crippen LogP contribution in [0.5, 0.6) is 0 Å². The number of hydrogen-bond acceptors (Lipinski definition) is 2. The largest absolute Gasteiger partial charge is 0.490 e. The monoisotopic (exact) mass is 261 g/mol. The van der Waals surface area contributed by atoms with Gasteiger partial charge in [0.15, 0.2) is 12.0 Å². The molecule has 0 bridgehead atoms. The van der Waals surface area contributed by atoms with Crippen LogP contribution in [0.15, 0.2) is 18.0 Å². The molecule has 3 nitrogen and oxygen atoms in total. The van der Waals surface area contributed by atoms with Crippen LogP contribution < -0.4 is 0 Å². The van der Waals surface area contributed by atoms with E-state index in [1.165, 1.54) is 12.3 Å². The number of nitrogens with zero attached hydrogens (tertiary/aromatic N) is 2. The fraction of sp³-hybridized carbons (Fsp3) is 0.467. The molecular weight excluding hydrogens is 243 g/mol. The van der Waals surface area contributed by atoms with Gasteiger partial charge >= 0.3 is 5.82 Å². The van der Waals surface area contributed by atoms with Crippen molar-refractivity contribution in [2.24, 2.45) is 5.41 Å². The lowest BCUT2D eigenvalue weighted by molar-refractivity contribution is -0.400. The number of hydrogen-bond donors (Lipinski definition) is 0. The van der Waals surface area contributed by atoms with Crippen molar-refractivity contribution < 1.29 is 13.7 Å². The van der Waals surface area contributed by atoms with Crippen molar-refractivity contribution in [3.8, 4) is 0 Å². The van der Waals surface area contributed by atoms with Gasteiger partial charge in [-0.3, -0.25) is 0 Å². The number of rotatable bonds is 0. The van der Waals surface area contributed by atoms with E-state index in [4.69, 9.17) is 4.74 Å². The van der Waals surface area contributed by atoms with E-state index >= 15 is 0 Å². The Morgan fingerprint density at radius 2 is 1.95 bits per heavy atom. The molecule has 0 spiro atoms. The zero-order valence-corrected chi connectivity index (χ0v) is 11.9. The molecule has 2 aliphatic heterocycles. The van der Waals surface area contributed by atoms with Gasteiger partial charge in [-0.05, 0) is 38.7 Å². The fourth-order valence-corrected chi connectivity index (χ4v) is 2.55. The normalized spacial score (nSPS) is 26.3. The van der Waals surface area contributed by atoms with Crippen molar-refractivity contribution in [1.82, 2.24) is 4.98 Å². The summed E-state index contributed by atoms with van der Waals surface area (Å²) in [4.78, 5) is 4.14. The quantitative estimate of drug-likeness (QED) is 0.670. The molecule has 1 aromatic heterocycles. The van der Waals surface area contributed by atoms with Crippen LogP contribution in [0.3, 0.4) is 0 Å². The van der Waals surface area contributed by atoms with Gasteiger partial charge in [-0.25, -0.2) is 8.97 Å². The molecular formula is C15H18FN2O+. The molecule has 3 heterocycles. The minimum Gasteiger partial charge on any atom is -0.490 e. The first-order valence-corrected chi connectivity index (χ1v) is 6.41. The highest BCUT2D eigenvalue weighted by Gasteiger charge is 2.55. The molecule has 0 aromatic carbocycles. The zero-order chi connectivity index (χ0) is 14.0. The van der Waals surface area contributed by atoms with Gasteiger partial charge in [0.1, 0.15) is 17.6 Å². The van der Waals surface area contributed by atoms with Crippen LogP contribution in [0.1, 0.15) is 33.3 Å². The summed E-state index contributed by atoms with van der Waals surface area (Å²) in [6.07, 6.45) is 3.21. The molecule has 3 rings (SSSR count). The van der Waals surface area contributed by atoms with Crippen molar-refractivity contribution in [3.63, 3.8) is 0 Å². The third-order valence-corrected chi connectivity index (χ3v) is 4.45. The maximum atomic E-state index is 13.4. The molecule has 0 saturated carbocycles. The highest BCUT2D eigenvalue weighted by atomic mass is 19.1. The molecule has 0 unspecified atom stereocenters. The Kier molecular flexibility index (Phi) is 2.23. The van der Waals surface area contributed by atoms with Crippen molar-refractivity contribution in [1.29, 1.82) is 0 Å². The van der Waals surface area contributed by atoms with E-state index in [0.717, 1.165) is 22.7 Å². The van der Waals surface area contributed by atoms with E-state index in [1.807, 2.05) is 17.8 Å². The molecule has 1 fully saturated rings. The molecule has 1 saturated heterocycles. The van der Waals surface area contributed by atoms with E-state index in [-0.39, 0.29) is 16.8 Å². The molecule has 0 amide bonds. The average molecular weight is 261 g/mol. The van der Waals surface area contributed by atoms with Crippen LogP contribution in [0.25, 0.3) is 5.57 Å². The van der Waals surface area contributed by atoms with Gasteiger partial charge in [-0.1, -0.05) is 0 Å². The first kappa shape index (κ1) is 12.3. The number of aromatic nitrogens is 1. The molecule has 0 N–H and O–H groups in total. The van der Waals surface area contributed by atoms with Crippen molar-refractivity contribution in [2.75, 3.05) is 7.05 Å². The number of ether oxygens (including phenoxy) is 1. The predicted octanol–water partition coefficient (Wildman–Crippen LogP) is 3.13. The third-order valence-electron chi connectivity index (χ3n) is 4.45. The lowest BCUT2D eigenvalue weighted by atomic mass is 9.68. The summed E-state index contributed by atoms with van der Waals surface area (Å²) < 4.78 is 21.3. The van der Waals surface area contributed by atoms with Gasteiger partial charge in [0.05, 0.1) is 23.6 Å². The van der Waals surface area contributed by atoms with Crippen LogP contribution in [-0.2, 0) is 4.74 Å². The van der Waals surface area contributed by atoms with Crippen LogP contribution in [-0.4, -0.2) is 28.4 Å². The Hall–Kier alpha value is -1.71. The topological polar surface area (TPSA) is 25.1 Å². The Balaban J connectivity index is 2.19. The maximum absolute atomic E-state index is 13.4. The molecule has 2 aliphatic rings. The fourth-order valence-electron chi connectivity index (χ4n) is 2.55. The Labute approximate surface area is 112 Å². The molecule has 4 heteroatoms. The van der Waals surface area contributed by atoms with Crippen molar-refractivity contribution >= 4 is 17.6 Å². The Bertz CT molecular complexity index is 642. The molecule has 1 aromatic rings. The number of halogens is 1. The summed E-state index contributed by atoms with van der Waals surface area (Å²) >= 11 is 0. The molecule has 0 aliphatic carbocycles. The molecule has 0 radical (unpaired) electrons. The number of allylic oxidation sites excluding steroid dienone is 1. The summed E-state index contributed by atoms with van der Waals surface area (Å²) in [6.45, 7) is 8.44. The minimum atomic E-state index is -0.322. The highest BCUT2D eigenvalue weighted by molar-refractivity contribution is 6.13. The average Bonchev–Trinajstić information content (AvgIpc) is 2.63. The van der Waals surface area contributed by atoms with Gasteiger partial charge in [0.2, 0.25) is 0 Å². The summed E-state index contributed by atoms with van der Waals surface area (Å²) in [7, 11) is 1.91. The maximum Gasteiger partial charge on any atom is 0.331 e. The summed E-state index contributed by atoms with van der Waals surface area (Å²) in [5.74, 6) is 1.36. The lowest BCUT2D eigenvalue weighted by Crippen LogP contribution is -2.54. The lowest BCUT2D eigenvalue weighted by Gasteiger charge is -2.54. The Morgan fingerprint density at radius 1 is 1.26 bits per heavy atom. The van der Waals surface area contributed by atoms with Crippen LogP contribution in [0.2, 0.25) is 0 Å². The number of fused-ring (bicyclic) bond motifs is 1. The minimum absolute atomic E-state index is 0.0758. The zero-order valence-electron chi connectivity index (χ0n) is 11.9. The molecule has 19 heavy (non-hydrogen) atoms. The van der Waals surface area contributed by atoms with E-state index in [0.29, 0.717) is 0 Å². The first-order valence-electron chi connectivity index (χ1n) is 6.41. The SMILES string of the molecule is C[N+]1=CC(=C2OC(C)(C)C2(C)C)c2cc(F)cnc21. The van der Waals surface area contributed by atoms with Crippen LogP contribution in [0, 0.1) is 11.2 Å². The summed E-state index contributed by atoms with van der Waals surface area (Å²) in [5, 5.41) is 0. The van der Waals surface area contributed by atoms with E-state index in [1.54, 1.807) is 0 Å². The summed E-state index contributed by atoms with van der Waals surface area (Å²) in [5.41, 5.74) is 1.47. The second kappa shape index (κ2) is 3.44. The van der Waals surface area contributed by atoms with E-state index in [2.05, 4.69) is 32.7 Å². The predicted molar refractivity (Wildman–Crippen MR) is 72.0 cm³/mol. The van der Waals surface area contributed by atoms with Gasteiger partial charge in [-0.2, -0.15) is 0 Å². The standard InChI is InChI=1S/C15H18FN2O/c1-14(2)12(19-15(14,3)4)11-8-18(5)13-10(11)6-9(16)7-17-13/h6-8H,1-5H3/q+1. The van der Waals surface area contributed by atoms with Crippen molar-refractivity contribution in [2.45, 2.75) is 33.3 Å². The van der Waals surface area contributed by atoms with Gasteiger partial charge < -0.3 is 4.74 Å². The van der Waals surface area contributed by atoms with Gasteiger partial charge in [0.25, 0.3) is 0 Å². The smallest absolute Gasteiger partial charge is 0.331 e. The second-order valence-corrected chi connectivity index (χ2v) is 6.24. The summed E-state index contributed by atoms with van der Waals surface area (Å²) in [6, 6.07) is 1.52. The third kappa shape index (κ3) is 1.49. The highest BCUT2D eigenvalue weighted by Crippen LogP contribution is 2.55. The number of pyridine rings is 1.